The highest BCUT2D eigenvalue weighted by atomic mass is 16.4. The molecule has 1 heterocycles. The van der Waals surface area contributed by atoms with Gasteiger partial charge in [0.15, 0.2) is 0 Å². The number of benzene rings is 1. The van der Waals surface area contributed by atoms with Crippen LogP contribution in [0.25, 0.3) is 11.3 Å². The number of rotatable bonds is 3. The predicted octanol–water partition coefficient (Wildman–Crippen LogP) is 1.34. The number of carboxylic acids is 1. The lowest BCUT2D eigenvalue weighted by Gasteiger charge is -1.92. The second-order valence-electron chi connectivity index (χ2n) is 3.17. The fraction of sp³-hybridized carbons (Fsp3) is 0. The van der Waals surface area contributed by atoms with E-state index in [1.807, 2.05) is 30.3 Å². The summed E-state index contributed by atoms with van der Waals surface area (Å²) in [5, 5.41) is 14.8. The topological polar surface area (TPSA) is 83.0 Å². The first kappa shape index (κ1) is 10.1. The summed E-state index contributed by atoms with van der Waals surface area (Å²) in [4.78, 5) is 21.6. The second-order valence-corrected chi connectivity index (χ2v) is 3.17. The molecule has 0 bridgehead atoms. The number of ketones is 1. The number of carbonyl (C=O) groups excluding carboxylic acids is 1. The van der Waals surface area contributed by atoms with Crippen molar-refractivity contribution in [3.63, 3.8) is 0 Å². The van der Waals surface area contributed by atoms with Crippen molar-refractivity contribution < 1.29 is 14.7 Å². The van der Waals surface area contributed by atoms with Gasteiger partial charge >= 0.3 is 5.97 Å². The molecule has 0 radical (unpaired) electrons. The zero-order valence-corrected chi connectivity index (χ0v) is 8.18. The molecule has 80 valence electrons. The highest BCUT2D eigenvalue weighted by Gasteiger charge is 2.17. The molecular weight excluding hydrogens is 208 g/mol. The first-order chi connectivity index (χ1) is 7.68. The average Bonchev–Trinajstić information content (AvgIpc) is 2.78. The molecule has 0 saturated heterocycles. The van der Waals surface area contributed by atoms with E-state index >= 15 is 0 Å². The van der Waals surface area contributed by atoms with Crippen LogP contribution in [0.3, 0.4) is 0 Å². The number of nitrogens with one attached hydrogen (secondary N) is 1. The summed E-state index contributed by atoms with van der Waals surface area (Å²) >= 11 is 0. The van der Waals surface area contributed by atoms with E-state index in [-0.39, 0.29) is 5.69 Å². The Kier molecular flexibility index (Phi) is 2.51. The molecule has 2 aromatic rings. The van der Waals surface area contributed by atoms with E-state index < -0.39 is 11.8 Å². The Morgan fingerprint density at radius 3 is 2.50 bits per heavy atom. The number of aliphatic carboxylic acids is 1. The van der Waals surface area contributed by atoms with Crippen LogP contribution in [0.4, 0.5) is 0 Å². The van der Waals surface area contributed by atoms with Crippen LogP contribution in [-0.2, 0) is 4.79 Å². The lowest BCUT2D eigenvalue weighted by Crippen LogP contribution is -2.12. The maximum absolute atomic E-state index is 11.1. The SMILES string of the molecule is O=C(O)C(=O)c1cc(-c2ccccc2)n[nH]1. The van der Waals surface area contributed by atoms with Gasteiger partial charge in [0, 0.05) is 5.56 Å². The monoisotopic (exact) mass is 216 g/mol. The molecule has 2 rings (SSSR count). The van der Waals surface area contributed by atoms with Gasteiger partial charge in [-0.05, 0) is 6.07 Å². The quantitative estimate of drug-likeness (QED) is 0.599. The van der Waals surface area contributed by atoms with Gasteiger partial charge in [-0.15, -0.1) is 0 Å². The van der Waals surface area contributed by atoms with Gasteiger partial charge in [-0.3, -0.25) is 9.89 Å². The molecule has 1 aromatic heterocycles. The van der Waals surface area contributed by atoms with Crippen LogP contribution in [-0.4, -0.2) is 27.1 Å². The molecule has 0 fully saturated rings. The maximum atomic E-state index is 11.1. The second kappa shape index (κ2) is 3.98. The molecule has 0 aliphatic rings. The molecular formula is C11H8N2O3. The Morgan fingerprint density at radius 2 is 1.88 bits per heavy atom. The predicted molar refractivity (Wildman–Crippen MR) is 56.0 cm³/mol. The first-order valence-electron chi connectivity index (χ1n) is 4.57. The molecule has 1 aromatic carbocycles. The molecule has 0 aliphatic carbocycles. The van der Waals surface area contributed by atoms with E-state index in [9.17, 15) is 9.59 Å². The Labute approximate surface area is 90.7 Å². The lowest BCUT2D eigenvalue weighted by atomic mass is 10.1. The highest BCUT2D eigenvalue weighted by Crippen LogP contribution is 2.16. The van der Waals surface area contributed by atoms with E-state index in [2.05, 4.69) is 10.2 Å². The summed E-state index contributed by atoms with van der Waals surface area (Å²) < 4.78 is 0. The van der Waals surface area contributed by atoms with Crippen LogP contribution in [0, 0.1) is 0 Å². The standard InChI is InChI=1S/C11H8N2O3/c14-10(11(15)16)9-6-8(12-13-9)7-4-2-1-3-5-7/h1-6H,(H,12,13)(H,15,16). The Morgan fingerprint density at radius 1 is 1.19 bits per heavy atom. The van der Waals surface area contributed by atoms with Gasteiger partial charge in [0.25, 0.3) is 5.78 Å². The highest BCUT2D eigenvalue weighted by molar-refractivity contribution is 6.39. The van der Waals surface area contributed by atoms with Gasteiger partial charge in [0.05, 0.1) is 5.69 Å². The minimum Gasteiger partial charge on any atom is -0.475 e. The van der Waals surface area contributed by atoms with Crippen LogP contribution in [0.1, 0.15) is 10.5 Å². The number of nitrogens with zero attached hydrogens (tertiary/aromatic N) is 1. The van der Waals surface area contributed by atoms with Gasteiger partial charge in [-0.25, -0.2) is 4.79 Å². The van der Waals surface area contributed by atoms with Crippen molar-refractivity contribution in [1.82, 2.24) is 10.2 Å². The molecule has 0 aliphatic heterocycles. The van der Waals surface area contributed by atoms with Crippen LogP contribution in [0.5, 0.6) is 0 Å². The molecule has 5 heteroatoms. The fourth-order valence-corrected chi connectivity index (χ4v) is 1.31. The summed E-state index contributed by atoms with van der Waals surface area (Å²) in [5.74, 6) is -2.49. The van der Waals surface area contributed by atoms with Crippen molar-refractivity contribution >= 4 is 11.8 Å². The summed E-state index contributed by atoms with van der Waals surface area (Å²) in [6.45, 7) is 0. The summed E-state index contributed by atoms with van der Waals surface area (Å²) in [5.41, 5.74) is 1.35. The van der Waals surface area contributed by atoms with E-state index in [0.29, 0.717) is 5.69 Å². The third-order valence-corrected chi connectivity index (χ3v) is 2.09. The third kappa shape index (κ3) is 1.83. The number of Topliss-reactive ketones (excluding diaryl/α,β-unsaturated/α-hetero) is 1. The minimum atomic E-state index is -1.50. The van der Waals surface area contributed by atoms with E-state index in [0.717, 1.165) is 5.56 Å². The summed E-state index contributed by atoms with van der Waals surface area (Å²) in [7, 11) is 0. The molecule has 0 amide bonds. The Balaban J connectivity index is 2.34. The van der Waals surface area contributed by atoms with Gasteiger partial charge in [-0.1, -0.05) is 30.3 Å². The summed E-state index contributed by atoms with van der Waals surface area (Å²) in [6.07, 6.45) is 0. The average molecular weight is 216 g/mol. The smallest absolute Gasteiger partial charge is 0.378 e. The van der Waals surface area contributed by atoms with Crippen LogP contribution in [0.2, 0.25) is 0 Å². The third-order valence-electron chi connectivity index (χ3n) is 2.09. The zero-order chi connectivity index (χ0) is 11.5. The fourth-order valence-electron chi connectivity index (χ4n) is 1.31. The van der Waals surface area contributed by atoms with Crippen molar-refractivity contribution in [2.24, 2.45) is 0 Å². The Bertz CT molecular complexity index is 531. The molecule has 2 N–H and O–H groups in total. The summed E-state index contributed by atoms with van der Waals surface area (Å²) in [6, 6.07) is 10.6. The molecule has 0 atom stereocenters. The van der Waals surface area contributed by atoms with Gasteiger partial charge in [0.2, 0.25) is 0 Å². The van der Waals surface area contributed by atoms with Crippen molar-refractivity contribution in [1.29, 1.82) is 0 Å². The Hall–Kier alpha value is -2.43. The maximum Gasteiger partial charge on any atom is 0.378 e. The number of carboxylic acid groups (broad SMARTS) is 1. The van der Waals surface area contributed by atoms with E-state index in [4.69, 9.17) is 5.11 Å². The van der Waals surface area contributed by atoms with E-state index in [1.54, 1.807) is 0 Å². The first-order valence-corrected chi connectivity index (χ1v) is 4.57. The number of carbonyl (C=O) groups is 2. The van der Waals surface area contributed by atoms with Crippen molar-refractivity contribution in [3.05, 3.63) is 42.1 Å². The van der Waals surface area contributed by atoms with Crippen LogP contribution >= 0.6 is 0 Å². The normalized spacial score (nSPS) is 10.0. The van der Waals surface area contributed by atoms with E-state index in [1.165, 1.54) is 6.07 Å². The number of hydrogen-bond donors (Lipinski definition) is 2. The molecule has 0 saturated carbocycles. The largest absolute Gasteiger partial charge is 0.475 e. The van der Waals surface area contributed by atoms with Crippen LogP contribution < -0.4 is 0 Å². The van der Waals surface area contributed by atoms with Gasteiger partial charge in [-0.2, -0.15) is 5.10 Å². The number of aromatic nitrogens is 2. The number of H-pyrrole nitrogens is 1. The van der Waals surface area contributed by atoms with Crippen molar-refractivity contribution in [2.45, 2.75) is 0 Å². The zero-order valence-electron chi connectivity index (χ0n) is 8.18. The molecule has 0 spiro atoms. The van der Waals surface area contributed by atoms with Crippen molar-refractivity contribution in [2.75, 3.05) is 0 Å². The van der Waals surface area contributed by atoms with Gasteiger partial charge < -0.3 is 5.11 Å². The minimum absolute atomic E-state index is 0.0219. The molecule has 16 heavy (non-hydrogen) atoms. The molecule has 0 unspecified atom stereocenters. The number of aromatic amines is 1. The van der Waals surface area contributed by atoms with Gasteiger partial charge in [0.1, 0.15) is 5.69 Å². The number of hydrogen-bond acceptors (Lipinski definition) is 3. The van der Waals surface area contributed by atoms with Crippen molar-refractivity contribution in [3.8, 4) is 11.3 Å². The van der Waals surface area contributed by atoms with Crippen LogP contribution in [0.15, 0.2) is 36.4 Å². The molecule has 5 nitrogen and oxygen atoms in total. The lowest BCUT2D eigenvalue weighted by molar-refractivity contribution is -0.131.